The van der Waals surface area contributed by atoms with Crippen LogP contribution in [-0.2, 0) is 6.54 Å². The van der Waals surface area contributed by atoms with Crippen molar-refractivity contribution in [2.75, 3.05) is 6.26 Å². The van der Waals surface area contributed by atoms with Gasteiger partial charge in [-0.25, -0.2) is 0 Å². The Labute approximate surface area is 94.1 Å². The molecule has 0 radical (unpaired) electrons. The van der Waals surface area contributed by atoms with E-state index in [1.165, 1.54) is 16.1 Å². The Bertz CT molecular complexity index is 435. The summed E-state index contributed by atoms with van der Waals surface area (Å²) in [5, 5.41) is 0. The molecule has 0 aliphatic rings. The molecule has 78 valence electrons. The second-order valence-electron chi connectivity index (χ2n) is 3.25. The first-order chi connectivity index (χ1) is 7.36. The summed E-state index contributed by atoms with van der Waals surface area (Å²) in [6.07, 6.45) is 6.16. The van der Waals surface area contributed by atoms with Gasteiger partial charge < -0.3 is 10.3 Å². The van der Waals surface area contributed by atoms with Crippen LogP contribution in [0.1, 0.15) is 5.56 Å². The lowest BCUT2D eigenvalue weighted by atomic mass is 10.2. The molecule has 2 aromatic rings. The third-order valence-corrected chi connectivity index (χ3v) is 3.24. The standard InChI is InChI=1S/C12H14N2S/c1-15-12-6-4-5-11(10(12)9-13)14-7-2-3-8-14/h2-8H,9,13H2,1H3. The van der Waals surface area contributed by atoms with Crippen LogP contribution in [0.2, 0.25) is 0 Å². The summed E-state index contributed by atoms with van der Waals surface area (Å²) in [6, 6.07) is 10.3. The fourth-order valence-electron chi connectivity index (χ4n) is 1.69. The number of nitrogens with two attached hydrogens (primary N) is 1. The van der Waals surface area contributed by atoms with Gasteiger partial charge in [-0.1, -0.05) is 6.07 Å². The van der Waals surface area contributed by atoms with Gasteiger partial charge in [0.25, 0.3) is 0 Å². The van der Waals surface area contributed by atoms with Crippen LogP contribution in [-0.4, -0.2) is 10.8 Å². The molecule has 0 aliphatic carbocycles. The Morgan fingerprint density at radius 1 is 1.20 bits per heavy atom. The van der Waals surface area contributed by atoms with Crippen molar-refractivity contribution >= 4 is 11.8 Å². The van der Waals surface area contributed by atoms with Crippen LogP contribution < -0.4 is 5.73 Å². The lowest BCUT2D eigenvalue weighted by Gasteiger charge is -2.12. The Morgan fingerprint density at radius 2 is 1.93 bits per heavy atom. The zero-order chi connectivity index (χ0) is 10.7. The van der Waals surface area contributed by atoms with E-state index in [0.29, 0.717) is 6.54 Å². The average Bonchev–Trinajstić information content (AvgIpc) is 2.81. The molecule has 3 heteroatoms. The second-order valence-corrected chi connectivity index (χ2v) is 4.10. The molecule has 15 heavy (non-hydrogen) atoms. The summed E-state index contributed by atoms with van der Waals surface area (Å²) >= 11 is 1.74. The third kappa shape index (κ3) is 1.94. The molecule has 0 aliphatic heterocycles. The second kappa shape index (κ2) is 4.55. The molecule has 0 fully saturated rings. The van der Waals surface area contributed by atoms with Gasteiger partial charge in [0.15, 0.2) is 0 Å². The highest BCUT2D eigenvalue weighted by Gasteiger charge is 2.06. The van der Waals surface area contributed by atoms with E-state index >= 15 is 0 Å². The van der Waals surface area contributed by atoms with Gasteiger partial charge in [-0.05, 0) is 30.5 Å². The predicted octanol–water partition coefficient (Wildman–Crippen LogP) is 2.66. The SMILES string of the molecule is CSc1cccc(-n2cccc2)c1CN. The topological polar surface area (TPSA) is 30.9 Å². The van der Waals surface area contributed by atoms with E-state index in [1.807, 2.05) is 24.5 Å². The lowest BCUT2D eigenvalue weighted by Crippen LogP contribution is -2.04. The van der Waals surface area contributed by atoms with Gasteiger partial charge in [0, 0.05) is 29.4 Å². The number of hydrogen-bond donors (Lipinski definition) is 1. The highest BCUT2D eigenvalue weighted by atomic mass is 32.2. The van der Waals surface area contributed by atoms with Crippen molar-refractivity contribution in [1.29, 1.82) is 0 Å². The molecule has 0 saturated carbocycles. The molecule has 0 spiro atoms. The number of rotatable bonds is 3. The van der Waals surface area contributed by atoms with Crippen LogP contribution in [0.15, 0.2) is 47.6 Å². The van der Waals surface area contributed by atoms with Gasteiger partial charge in [-0.2, -0.15) is 0 Å². The van der Waals surface area contributed by atoms with Crippen LogP contribution in [0.3, 0.4) is 0 Å². The van der Waals surface area contributed by atoms with Crippen molar-refractivity contribution in [2.45, 2.75) is 11.4 Å². The summed E-state index contributed by atoms with van der Waals surface area (Å²) < 4.78 is 2.10. The lowest BCUT2D eigenvalue weighted by molar-refractivity contribution is 0.961. The van der Waals surface area contributed by atoms with Crippen molar-refractivity contribution < 1.29 is 0 Å². The van der Waals surface area contributed by atoms with E-state index in [-0.39, 0.29) is 0 Å². The van der Waals surface area contributed by atoms with Gasteiger partial charge >= 0.3 is 0 Å². The van der Waals surface area contributed by atoms with Crippen molar-refractivity contribution in [3.63, 3.8) is 0 Å². The Balaban J connectivity index is 2.56. The summed E-state index contributed by atoms with van der Waals surface area (Å²) in [7, 11) is 0. The Morgan fingerprint density at radius 3 is 2.53 bits per heavy atom. The largest absolute Gasteiger partial charge is 0.326 e. The molecule has 1 aromatic heterocycles. The molecule has 1 aromatic carbocycles. The molecule has 0 unspecified atom stereocenters. The van der Waals surface area contributed by atoms with E-state index < -0.39 is 0 Å². The van der Waals surface area contributed by atoms with E-state index in [1.54, 1.807) is 11.8 Å². The van der Waals surface area contributed by atoms with Gasteiger partial charge in [0.1, 0.15) is 0 Å². The molecular weight excluding hydrogens is 204 g/mol. The molecule has 0 saturated heterocycles. The van der Waals surface area contributed by atoms with E-state index in [9.17, 15) is 0 Å². The van der Waals surface area contributed by atoms with Gasteiger partial charge in [0.2, 0.25) is 0 Å². The first-order valence-corrected chi connectivity index (χ1v) is 6.08. The molecule has 2 N–H and O–H groups in total. The Kier molecular flexibility index (Phi) is 3.14. The molecule has 2 nitrogen and oxygen atoms in total. The maximum atomic E-state index is 5.81. The maximum Gasteiger partial charge on any atom is 0.0505 e. The highest BCUT2D eigenvalue weighted by Crippen LogP contribution is 2.25. The minimum Gasteiger partial charge on any atom is -0.326 e. The fourth-order valence-corrected chi connectivity index (χ4v) is 2.34. The van der Waals surface area contributed by atoms with Crippen molar-refractivity contribution in [3.05, 3.63) is 48.3 Å². The molecule has 2 rings (SSSR count). The summed E-state index contributed by atoms with van der Waals surface area (Å²) in [6.45, 7) is 0.574. The first kappa shape index (κ1) is 10.3. The fraction of sp³-hybridized carbons (Fsp3) is 0.167. The average molecular weight is 218 g/mol. The zero-order valence-electron chi connectivity index (χ0n) is 8.68. The number of hydrogen-bond acceptors (Lipinski definition) is 2. The smallest absolute Gasteiger partial charge is 0.0505 e. The summed E-state index contributed by atoms with van der Waals surface area (Å²) in [4.78, 5) is 1.25. The monoisotopic (exact) mass is 218 g/mol. The number of nitrogens with zero attached hydrogens (tertiary/aromatic N) is 1. The molecule has 1 heterocycles. The normalized spacial score (nSPS) is 10.5. The molecular formula is C12H14N2S. The van der Waals surface area contributed by atoms with Crippen LogP contribution in [0.4, 0.5) is 0 Å². The molecule has 0 amide bonds. The molecule has 0 atom stereocenters. The van der Waals surface area contributed by atoms with E-state index in [4.69, 9.17) is 5.73 Å². The van der Waals surface area contributed by atoms with E-state index in [0.717, 1.165) is 0 Å². The molecule has 0 bridgehead atoms. The van der Waals surface area contributed by atoms with Crippen LogP contribution in [0.5, 0.6) is 0 Å². The van der Waals surface area contributed by atoms with Crippen molar-refractivity contribution in [2.24, 2.45) is 5.73 Å². The van der Waals surface area contributed by atoms with Crippen molar-refractivity contribution in [1.82, 2.24) is 4.57 Å². The van der Waals surface area contributed by atoms with Gasteiger partial charge in [0.05, 0.1) is 5.69 Å². The van der Waals surface area contributed by atoms with Crippen molar-refractivity contribution in [3.8, 4) is 5.69 Å². The maximum absolute atomic E-state index is 5.81. The third-order valence-electron chi connectivity index (χ3n) is 2.41. The number of benzene rings is 1. The first-order valence-electron chi connectivity index (χ1n) is 4.86. The number of aromatic nitrogens is 1. The van der Waals surface area contributed by atoms with Crippen LogP contribution >= 0.6 is 11.8 Å². The van der Waals surface area contributed by atoms with Gasteiger partial charge in [-0.15, -0.1) is 11.8 Å². The zero-order valence-corrected chi connectivity index (χ0v) is 9.50. The summed E-state index contributed by atoms with van der Waals surface area (Å²) in [5.74, 6) is 0. The minimum absolute atomic E-state index is 0.574. The minimum atomic E-state index is 0.574. The van der Waals surface area contributed by atoms with E-state index in [2.05, 4.69) is 29.0 Å². The summed E-state index contributed by atoms with van der Waals surface area (Å²) in [5.41, 5.74) is 8.19. The van der Waals surface area contributed by atoms with Crippen LogP contribution in [0.25, 0.3) is 5.69 Å². The predicted molar refractivity (Wildman–Crippen MR) is 65.4 cm³/mol. The quantitative estimate of drug-likeness (QED) is 0.803. The highest BCUT2D eigenvalue weighted by molar-refractivity contribution is 7.98. The van der Waals surface area contributed by atoms with Crippen LogP contribution in [0, 0.1) is 0 Å². The Hall–Kier alpha value is -1.19. The number of thioether (sulfide) groups is 1. The van der Waals surface area contributed by atoms with Gasteiger partial charge in [-0.3, -0.25) is 0 Å².